The van der Waals surface area contributed by atoms with E-state index in [0.29, 0.717) is 16.8 Å². The number of rotatable bonds is 2. The molecule has 12 nitrogen and oxygen atoms in total. The van der Waals surface area contributed by atoms with Gasteiger partial charge >= 0.3 is 0 Å². The number of aliphatic hydroxyl groups excluding tert-OH is 1. The first-order valence-corrected chi connectivity index (χ1v) is 13.6. The molecule has 4 heterocycles. The summed E-state index contributed by atoms with van der Waals surface area (Å²) in [5.41, 5.74) is 2.07. The van der Waals surface area contributed by atoms with Gasteiger partial charge in [-0.3, -0.25) is 24.2 Å². The number of ether oxygens (including phenoxy) is 1. The van der Waals surface area contributed by atoms with E-state index in [1.165, 1.54) is 11.8 Å². The Bertz CT molecular complexity index is 1490. The molecular weight excluding hydrogens is 530 g/mol. The summed E-state index contributed by atoms with van der Waals surface area (Å²) in [7, 11) is 0. The Labute approximate surface area is 236 Å². The van der Waals surface area contributed by atoms with Crippen molar-refractivity contribution in [3.05, 3.63) is 48.4 Å². The highest BCUT2D eigenvalue weighted by Gasteiger charge is 2.41. The largest absolute Gasteiger partial charge is 0.491 e. The van der Waals surface area contributed by atoms with E-state index >= 15 is 0 Å². The number of nitrogens with zero attached hydrogens (tertiary/aromatic N) is 2. The average molecular weight is 564 g/mol. The topological polar surface area (TPSA) is 163 Å². The number of hydrogen-bond donors (Lipinski definition) is 4. The Morgan fingerprint density at radius 2 is 1.88 bits per heavy atom. The smallest absolute Gasteiger partial charge is 0.255 e. The van der Waals surface area contributed by atoms with E-state index in [9.17, 15) is 24.3 Å². The van der Waals surface area contributed by atoms with E-state index in [0.717, 1.165) is 5.39 Å². The summed E-state index contributed by atoms with van der Waals surface area (Å²) in [5.74, 6) is -2.09. The Morgan fingerprint density at radius 3 is 2.66 bits per heavy atom. The van der Waals surface area contributed by atoms with Crippen molar-refractivity contribution < 1.29 is 33.4 Å². The van der Waals surface area contributed by atoms with E-state index in [1.54, 1.807) is 56.6 Å². The molecule has 1 fully saturated rings. The summed E-state index contributed by atoms with van der Waals surface area (Å²) in [6.07, 6.45) is 2.41. The lowest BCUT2D eigenvalue weighted by Gasteiger charge is -2.29. The summed E-state index contributed by atoms with van der Waals surface area (Å²) in [6.45, 7) is 5.20. The predicted molar refractivity (Wildman–Crippen MR) is 148 cm³/mol. The minimum atomic E-state index is -0.988. The number of fused-ring (bicyclic) bond motifs is 3. The van der Waals surface area contributed by atoms with Gasteiger partial charge in [0.1, 0.15) is 36.1 Å². The lowest BCUT2D eigenvalue weighted by atomic mass is 10.0. The van der Waals surface area contributed by atoms with Crippen molar-refractivity contribution in [3.63, 3.8) is 0 Å². The van der Waals surface area contributed by atoms with Crippen molar-refractivity contribution >= 4 is 34.6 Å². The van der Waals surface area contributed by atoms with Crippen LogP contribution in [0.3, 0.4) is 0 Å². The van der Waals surface area contributed by atoms with Crippen molar-refractivity contribution in [2.75, 3.05) is 19.7 Å². The fourth-order valence-electron chi connectivity index (χ4n) is 5.23. The Hall–Kier alpha value is -4.45. The van der Waals surface area contributed by atoms with Crippen LogP contribution in [0.2, 0.25) is 0 Å². The third-order valence-electron chi connectivity index (χ3n) is 7.37. The number of furan rings is 1. The molecule has 1 aromatic carbocycles. The number of nitrogens with one attached hydrogen (secondary N) is 3. The quantitative estimate of drug-likeness (QED) is 0.362. The third kappa shape index (κ3) is 5.73. The summed E-state index contributed by atoms with van der Waals surface area (Å²) < 4.78 is 11.4. The van der Waals surface area contributed by atoms with Gasteiger partial charge in [-0.1, -0.05) is 13.8 Å². The molecule has 1 saturated heterocycles. The number of aromatic nitrogens is 1. The number of carbonyl (C=O) groups excluding carboxylic acids is 4. The number of amides is 4. The molecule has 2 aliphatic heterocycles. The van der Waals surface area contributed by atoms with Gasteiger partial charge in [-0.05, 0) is 43.2 Å². The monoisotopic (exact) mass is 563 g/mol. The molecule has 2 aliphatic rings. The molecule has 4 N–H and O–H groups in total. The fraction of sp³-hybridized carbons (Fsp3) is 0.414. The Balaban J connectivity index is 1.50. The molecule has 216 valence electrons. The van der Waals surface area contributed by atoms with Crippen LogP contribution in [0.1, 0.15) is 37.6 Å². The number of benzene rings is 1. The van der Waals surface area contributed by atoms with E-state index in [2.05, 4.69) is 20.9 Å². The lowest BCUT2D eigenvalue weighted by Crippen LogP contribution is -2.57. The minimum Gasteiger partial charge on any atom is -0.491 e. The highest BCUT2D eigenvalue weighted by atomic mass is 16.5. The van der Waals surface area contributed by atoms with Crippen molar-refractivity contribution in [1.29, 1.82) is 0 Å². The van der Waals surface area contributed by atoms with E-state index in [1.807, 2.05) is 0 Å². The van der Waals surface area contributed by atoms with Crippen LogP contribution in [-0.2, 0) is 14.4 Å². The molecule has 41 heavy (non-hydrogen) atoms. The van der Waals surface area contributed by atoms with Crippen LogP contribution >= 0.6 is 0 Å². The van der Waals surface area contributed by atoms with Crippen molar-refractivity contribution in [1.82, 2.24) is 25.8 Å². The standard InChI is InChI=1S/C29H33N5O7/c1-15(2)24-28(38)32-16(3)29(39)34-14-18(35)13-21(34)27(37)31-9-11-41-22-5-4-17(12-20(22)26(36)33-24)25-19-7-10-40-23(19)6-8-30-25/h4-8,10,12,15-16,18,21,24,35H,9,11,13-14H2,1-3H3,(H,31,37)(H,32,38)(H,33,36)/t16-,18+,21+,24+/m1/s1. The molecule has 0 unspecified atom stereocenters. The van der Waals surface area contributed by atoms with Crippen LogP contribution in [0.5, 0.6) is 5.75 Å². The van der Waals surface area contributed by atoms with E-state index < -0.39 is 47.9 Å². The molecule has 0 radical (unpaired) electrons. The highest BCUT2D eigenvalue weighted by molar-refractivity contribution is 6.02. The molecule has 12 heteroatoms. The second-order valence-electron chi connectivity index (χ2n) is 10.7. The zero-order valence-electron chi connectivity index (χ0n) is 23.0. The third-order valence-corrected chi connectivity index (χ3v) is 7.37. The minimum absolute atomic E-state index is 0.0188. The van der Waals surface area contributed by atoms with Gasteiger partial charge in [-0.15, -0.1) is 0 Å². The van der Waals surface area contributed by atoms with Gasteiger partial charge in [0.05, 0.1) is 30.2 Å². The zero-order chi connectivity index (χ0) is 29.3. The van der Waals surface area contributed by atoms with Gasteiger partial charge in [0, 0.05) is 30.1 Å². The maximum absolute atomic E-state index is 13.7. The molecule has 0 aliphatic carbocycles. The van der Waals surface area contributed by atoms with Crippen LogP contribution in [0, 0.1) is 5.92 Å². The second-order valence-corrected chi connectivity index (χ2v) is 10.7. The molecule has 0 saturated carbocycles. The molecule has 2 aromatic heterocycles. The van der Waals surface area contributed by atoms with Crippen LogP contribution in [0.4, 0.5) is 0 Å². The van der Waals surface area contributed by atoms with Gasteiger partial charge in [-0.2, -0.15) is 0 Å². The number of carbonyl (C=O) groups is 4. The summed E-state index contributed by atoms with van der Waals surface area (Å²) in [5, 5.41) is 19.2. The molecule has 4 atom stereocenters. The number of pyridine rings is 1. The normalized spacial score (nSPS) is 24.4. The van der Waals surface area contributed by atoms with Crippen LogP contribution < -0.4 is 20.7 Å². The van der Waals surface area contributed by atoms with Crippen molar-refractivity contribution in [3.8, 4) is 17.0 Å². The molecule has 5 rings (SSSR count). The molecule has 0 spiro atoms. The lowest BCUT2D eigenvalue weighted by molar-refractivity contribution is -0.141. The van der Waals surface area contributed by atoms with Crippen molar-refractivity contribution in [2.24, 2.45) is 5.92 Å². The zero-order valence-corrected chi connectivity index (χ0v) is 23.0. The maximum atomic E-state index is 13.7. The SMILES string of the molecule is CC(C)[C@@H]1NC(=O)c2cc(-c3nccc4occc34)ccc2OCCNC(=O)[C@@H]2C[C@H](O)CN2C(=O)[C@@H](C)NC1=O. The van der Waals surface area contributed by atoms with Gasteiger partial charge < -0.3 is 35.1 Å². The Kier molecular flexibility index (Phi) is 7.93. The summed E-state index contributed by atoms with van der Waals surface area (Å²) >= 11 is 0. The van der Waals surface area contributed by atoms with Crippen LogP contribution in [-0.4, -0.2) is 82.5 Å². The summed E-state index contributed by atoms with van der Waals surface area (Å²) in [4.78, 5) is 58.9. The number of hydrogen-bond acceptors (Lipinski definition) is 8. The van der Waals surface area contributed by atoms with Crippen LogP contribution in [0.15, 0.2) is 47.2 Å². The van der Waals surface area contributed by atoms with Gasteiger partial charge in [-0.25, -0.2) is 0 Å². The van der Waals surface area contributed by atoms with Gasteiger partial charge in [0.2, 0.25) is 17.7 Å². The van der Waals surface area contributed by atoms with Crippen LogP contribution in [0.25, 0.3) is 22.2 Å². The molecular formula is C29H33N5O7. The highest BCUT2D eigenvalue weighted by Crippen LogP contribution is 2.31. The predicted octanol–water partition coefficient (Wildman–Crippen LogP) is 1.22. The van der Waals surface area contributed by atoms with Gasteiger partial charge in [0.25, 0.3) is 5.91 Å². The van der Waals surface area contributed by atoms with E-state index in [-0.39, 0.29) is 43.3 Å². The van der Waals surface area contributed by atoms with Gasteiger partial charge in [0.15, 0.2) is 0 Å². The first kappa shape index (κ1) is 28.1. The average Bonchev–Trinajstić information content (AvgIpc) is 3.59. The first-order chi connectivity index (χ1) is 19.6. The molecule has 3 aromatic rings. The first-order valence-electron chi connectivity index (χ1n) is 13.6. The second kappa shape index (κ2) is 11.6. The number of aliphatic hydroxyl groups is 1. The molecule has 4 amide bonds. The molecule has 0 bridgehead atoms. The summed E-state index contributed by atoms with van der Waals surface area (Å²) in [6, 6.07) is 5.76. The van der Waals surface area contributed by atoms with E-state index in [4.69, 9.17) is 9.15 Å². The van der Waals surface area contributed by atoms with Crippen molar-refractivity contribution in [2.45, 2.75) is 51.4 Å². The Morgan fingerprint density at radius 1 is 1.07 bits per heavy atom. The fourth-order valence-corrected chi connectivity index (χ4v) is 5.23. The maximum Gasteiger partial charge on any atom is 0.255 e.